The van der Waals surface area contributed by atoms with Gasteiger partial charge >= 0.3 is 0 Å². The Morgan fingerprint density at radius 3 is 2.52 bits per heavy atom. The zero-order valence-corrected chi connectivity index (χ0v) is 16.9. The van der Waals surface area contributed by atoms with E-state index in [1.54, 1.807) is 19.2 Å². The van der Waals surface area contributed by atoms with Crippen LogP contribution in [0.15, 0.2) is 71.9 Å². The van der Waals surface area contributed by atoms with Crippen molar-refractivity contribution in [2.75, 3.05) is 11.8 Å². The molecule has 1 heterocycles. The molecule has 0 spiro atoms. The van der Waals surface area contributed by atoms with E-state index < -0.39 is 10.0 Å². The molecule has 1 aromatic heterocycles. The smallest absolute Gasteiger partial charge is 0.261 e. The summed E-state index contributed by atoms with van der Waals surface area (Å²) in [6.07, 6.45) is 2.73. The molecule has 0 radical (unpaired) electrons. The molecule has 2 aromatic carbocycles. The van der Waals surface area contributed by atoms with E-state index in [1.165, 1.54) is 30.6 Å². The van der Waals surface area contributed by atoms with Gasteiger partial charge in [-0.05, 0) is 31.2 Å². The first-order chi connectivity index (χ1) is 13.9. The number of methoxy groups -OCH3 is 1. The number of pyridine rings is 1. The number of anilines is 1. The highest BCUT2D eigenvalue weighted by atomic mass is 32.2. The number of hydrogen-bond donors (Lipinski definition) is 2. The Hall–Kier alpha value is -3.39. The molecule has 0 unspecified atom stereocenters. The molecule has 0 bridgehead atoms. The van der Waals surface area contributed by atoms with Gasteiger partial charge in [0.15, 0.2) is 0 Å². The molecule has 0 aliphatic rings. The third-order valence-corrected chi connectivity index (χ3v) is 5.61. The van der Waals surface area contributed by atoms with Gasteiger partial charge in [-0.15, -0.1) is 0 Å². The summed E-state index contributed by atoms with van der Waals surface area (Å²) in [5.41, 5.74) is 2.23. The Morgan fingerprint density at radius 2 is 1.79 bits per heavy atom. The van der Waals surface area contributed by atoms with Crippen LogP contribution in [-0.2, 0) is 16.6 Å². The van der Waals surface area contributed by atoms with Crippen molar-refractivity contribution in [3.05, 3.63) is 83.7 Å². The van der Waals surface area contributed by atoms with E-state index in [2.05, 4.69) is 15.0 Å². The quantitative estimate of drug-likeness (QED) is 0.623. The molecule has 0 atom stereocenters. The van der Waals surface area contributed by atoms with Crippen LogP contribution in [0.1, 0.15) is 21.5 Å². The number of ether oxygens (including phenoxy) is 1. The van der Waals surface area contributed by atoms with Crippen molar-refractivity contribution in [1.82, 2.24) is 10.3 Å². The van der Waals surface area contributed by atoms with Crippen LogP contribution in [0.4, 0.5) is 5.69 Å². The van der Waals surface area contributed by atoms with E-state index in [4.69, 9.17) is 4.74 Å². The maximum Gasteiger partial charge on any atom is 0.261 e. The summed E-state index contributed by atoms with van der Waals surface area (Å²) in [4.78, 5) is 16.6. The summed E-state index contributed by atoms with van der Waals surface area (Å²) in [5.74, 6) is 0.297. The summed E-state index contributed by atoms with van der Waals surface area (Å²) in [5, 5.41) is 2.78. The van der Waals surface area contributed by atoms with Crippen LogP contribution in [0, 0.1) is 6.92 Å². The van der Waals surface area contributed by atoms with Crippen LogP contribution in [0.5, 0.6) is 5.75 Å². The van der Waals surface area contributed by atoms with Gasteiger partial charge in [0.1, 0.15) is 5.75 Å². The normalized spacial score (nSPS) is 11.0. The highest BCUT2D eigenvalue weighted by molar-refractivity contribution is 7.92. The third kappa shape index (κ3) is 5.11. The van der Waals surface area contributed by atoms with E-state index in [0.29, 0.717) is 5.75 Å². The number of aryl methyl sites for hydroxylation is 1. The van der Waals surface area contributed by atoms with Gasteiger partial charge in [0.25, 0.3) is 15.9 Å². The minimum Gasteiger partial charge on any atom is -0.496 e. The number of aromatic nitrogens is 1. The van der Waals surface area contributed by atoms with Crippen LogP contribution in [0.2, 0.25) is 0 Å². The third-order valence-electron chi connectivity index (χ3n) is 4.22. The predicted molar refractivity (Wildman–Crippen MR) is 110 cm³/mol. The second kappa shape index (κ2) is 8.74. The first kappa shape index (κ1) is 20.3. The summed E-state index contributed by atoms with van der Waals surface area (Å²) >= 11 is 0. The number of hydrogen-bond acceptors (Lipinski definition) is 5. The maximum absolute atomic E-state index is 12.5. The van der Waals surface area contributed by atoms with Gasteiger partial charge in [0, 0.05) is 18.3 Å². The average Bonchev–Trinajstić information content (AvgIpc) is 2.72. The Morgan fingerprint density at radius 1 is 1.07 bits per heavy atom. The zero-order valence-electron chi connectivity index (χ0n) is 16.0. The number of carbonyl (C=O) groups excluding carboxylic acids is 1. The van der Waals surface area contributed by atoms with E-state index >= 15 is 0 Å². The van der Waals surface area contributed by atoms with Gasteiger partial charge in [-0.2, -0.15) is 0 Å². The Bertz CT molecular complexity index is 1110. The number of carbonyl (C=O) groups is 1. The Balaban J connectivity index is 1.71. The van der Waals surface area contributed by atoms with E-state index in [0.717, 1.165) is 11.1 Å². The topological polar surface area (TPSA) is 97.4 Å². The average molecular weight is 411 g/mol. The minimum absolute atomic E-state index is 0.133. The first-order valence-electron chi connectivity index (χ1n) is 8.84. The van der Waals surface area contributed by atoms with Crippen LogP contribution < -0.4 is 14.8 Å². The number of nitrogens with zero attached hydrogens (tertiary/aromatic N) is 1. The predicted octanol–water partition coefficient (Wildman–Crippen LogP) is 3.13. The Labute approximate surface area is 169 Å². The second-order valence-electron chi connectivity index (χ2n) is 6.38. The monoisotopic (exact) mass is 411 g/mol. The molecule has 0 saturated carbocycles. The molecule has 3 aromatic rings. The first-order valence-corrected chi connectivity index (χ1v) is 10.3. The molecular formula is C21H21N3O4S. The fourth-order valence-corrected chi connectivity index (χ4v) is 3.71. The Kier molecular flexibility index (Phi) is 6.13. The summed E-state index contributed by atoms with van der Waals surface area (Å²) in [6.45, 7) is 2.14. The summed E-state index contributed by atoms with van der Waals surface area (Å²) < 4.78 is 32.8. The molecule has 150 valence electrons. The van der Waals surface area contributed by atoms with Crippen molar-refractivity contribution in [1.29, 1.82) is 0 Å². The van der Waals surface area contributed by atoms with Crippen LogP contribution in [0.3, 0.4) is 0 Å². The van der Waals surface area contributed by atoms with E-state index in [1.807, 2.05) is 31.2 Å². The highest BCUT2D eigenvalue weighted by Gasteiger charge is 2.15. The van der Waals surface area contributed by atoms with Crippen LogP contribution in [-0.4, -0.2) is 26.4 Å². The van der Waals surface area contributed by atoms with Crippen LogP contribution >= 0.6 is 0 Å². The molecule has 2 N–H and O–H groups in total. The molecule has 3 rings (SSSR count). The van der Waals surface area contributed by atoms with Gasteiger partial charge < -0.3 is 10.1 Å². The standard InChI is InChI=1S/C21H21N3O4S/c1-15-7-9-19(10-8-15)29(26,27)24-18-11-17(12-22-14-18)21(25)23-13-16-5-3-4-6-20(16)28-2/h3-12,14,24H,13H2,1-2H3,(H,23,25). The van der Waals surface area contributed by atoms with Crippen molar-refractivity contribution < 1.29 is 17.9 Å². The van der Waals surface area contributed by atoms with E-state index in [-0.39, 0.29) is 28.6 Å². The molecule has 8 heteroatoms. The lowest BCUT2D eigenvalue weighted by Crippen LogP contribution is -2.23. The number of para-hydroxylation sites is 1. The fraction of sp³-hybridized carbons (Fsp3) is 0.143. The van der Waals surface area contributed by atoms with Crippen molar-refractivity contribution in [2.24, 2.45) is 0 Å². The largest absolute Gasteiger partial charge is 0.496 e. The lowest BCUT2D eigenvalue weighted by Gasteiger charge is -2.11. The van der Waals surface area contributed by atoms with E-state index in [9.17, 15) is 13.2 Å². The molecule has 1 amide bonds. The minimum atomic E-state index is -3.78. The second-order valence-corrected chi connectivity index (χ2v) is 8.06. The highest BCUT2D eigenvalue weighted by Crippen LogP contribution is 2.18. The number of benzene rings is 2. The number of sulfonamides is 1. The van der Waals surface area contributed by atoms with Gasteiger partial charge in [-0.25, -0.2) is 8.42 Å². The lowest BCUT2D eigenvalue weighted by atomic mass is 10.2. The molecule has 0 aliphatic carbocycles. The molecule has 0 fully saturated rings. The van der Waals surface area contributed by atoms with Gasteiger partial charge in [0.05, 0.1) is 29.5 Å². The van der Waals surface area contributed by atoms with Crippen molar-refractivity contribution in [3.63, 3.8) is 0 Å². The summed E-state index contributed by atoms with van der Waals surface area (Å²) in [6, 6.07) is 15.3. The molecular weight excluding hydrogens is 390 g/mol. The van der Waals surface area contributed by atoms with Gasteiger partial charge in [-0.1, -0.05) is 35.9 Å². The molecule has 29 heavy (non-hydrogen) atoms. The van der Waals surface area contributed by atoms with Gasteiger partial charge in [0.2, 0.25) is 0 Å². The molecule has 7 nitrogen and oxygen atoms in total. The fourth-order valence-electron chi connectivity index (χ4n) is 2.68. The maximum atomic E-state index is 12.5. The number of amides is 1. The van der Waals surface area contributed by atoms with Crippen LogP contribution in [0.25, 0.3) is 0 Å². The SMILES string of the molecule is COc1ccccc1CNC(=O)c1cncc(NS(=O)(=O)c2ccc(C)cc2)c1. The molecule has 0 aliphatic heterocycles. The lowest BCUT2D eigenvalue weighted by molar-refractivity contribution is 0.0950. The zero-order chi connectivity index (χ0) is 20.9. The number of rotatable bonds is 7. The van der Waals surface area contributed by atoms with Gasteiger partial charge in [-0.3, -0.25) is 14.5 Å². The van der Waals surface area contributed by atoms with Crippen molar-refractivity contribution in [3.8, 4) is 5.75 Å². The number of nitrogens with one attached hydrogen (secondary N) is 2. The molecule has 0 saturated heterocycles. The van der Waals surface area contributed by atoms with Crippen molar-refractivity contribution >= 4 is 21.6 Å². The summed E-state index contributed by atoms with van der Waals surface area (Å²) in [7, 11) is -2.21. The van der Waals surface area contributed by atoms with Crippen molar-refractivity contribution in [2.45, 2.75) is 18.4 Å².